The van der Waals surface area contributed by atoms with Crippen molar-refractivity contribution in [3.8, 4) is 0 Å². The van der Waals surface area contributed by atoms with Crippen molar-refractivity contribution in [2.45, 2.75) is 31.1 Å². The molecule has 3 aromatic rings. The number of carbonyl (C=O) groups is 2. The van der Waals surface area contributed by atoms with Gasteiger partial charge in [0.05, 0.1) is 22.0 Å². The van der Waals surface area contributed by atoms with E-state index in [2.05, 4.69) is 70.6 Å². The zero-order chi connectivity index (χ0) is 25.7. The Balaban J connectivity index is 0.000000967. The highest BCUT2D eigenvalue weighted by Gasteiger charge is 2.28. The van der Waals surface area contributed by atoms with Crippen molar-refractivity contribution in [3.05, 3.63) is 88.2 Å². The highest BCUT2D eigenvalue weighted by atomic mass is 35.5. The zero-order valence-electron chi connectivity index (χ0n) is 20.0. The largest absolute Gasteiger partial charge is 0.372 e. The van der Waals surface area contributed by atoms with E-state index in [0.717, 1.165) is 47.6 Å². The molecule has 0 saturated heterocycles. The number of nitrogens with two attached hydrogens (primary N) is 1. The first kappa shape index (κ1) is 25.5. The second-order valence-electron chi connectivity index (χ2n) is 8.29. The highest BCUT2D eigenvalue weighted by Crippen LogP contribution is 2.41. The van der Waals surface area contributed by atoms with E-state index in [9.17, 15) is 4.79 Å². The van der Waals surface area contributed by atoms with E-state index in [0.29, 0.717) is 10.6 Å². The number of aromatic nitrogens is 1. The van der Waals surface area contributed by atoms with Gasteiger partial charge in [0.1, 0.15) is 0 Å². The lowest BCUT2D eigenvalue weighted by atomic mass is 9.85. The number of primary amides is 1. The minimum absolute atomic E-state index is 0.250. The van der Waals surface area contributed by atoms with E-state index in [1.54, 1.807) is 24.0 Å². The number of pyridine rings is 1. The van der Waals surface area contributed by atoms with Gasteiger partial charge in [0.25, 0.3) is 5.91 Å². The summed E-state index contributed by atoms with van der Waals surface area (Å²) in [7, 11) is 0. The molecule has 2 heterocycles. The Labute approximate surface area is 219 Å². The van der Waals surface area contributed by atoms with Crippen LogP contribution < -0.4 is 16.1 Å². The molecule has 5 rings (SSSR count). The molecule has 2 amide bonds. The van der Waals surface area contributed by atoms with Crippen molar-refractivity contribution in [3.63, 3.8) is 0 Å². The number of hydrogen-bond donors (Lipinski definition) is 2. The summed E-state index contributed by atoms with van der Waals surface area (Å²) in [5.74, 6) is -0.255. The molecule has 0 saturated carbocycles. The van der Waals surface area contributed by atoms with Gasteiger partial charge in [-0.05, 0) is 79.6 Å². The van der Waals surface area contributed by atoms with Gasteiger partial charge < -0.3 is 11.1 Å². The Morgan fingerprint density at radius 3 is 2.61 bits per heavy atom. The first-order valence-electron chi connectivity index (χ1n) is 11.3. The second-order valence-corrected chi connectivity index (χ2v) is 9.58. The van der Waals surface area contributed by atoms with E-state index >= 15 is 0 Å². The minimum atomic E-state index is -0.255. The van der Waals surface area contributed by atoms with E-state index in [4.69, 9.17) is 21.5 Å². The Hall–Kier alpha value is -3.62. The molecule has 0 unspecified atom stereocenters. The standard InChI is InChI=1S/C26H23ClN4OS.CH3NO/c1-16-13-18-4-3-17-5-6-19(29-26(32)22-11-12-28-15-24(22)27)14-23(17)25(18)31(30-16)20-7-9-21(33-2)10-8-20;2-1-3/h5-12,14-15H,3-4,13H2,1-2H3,(H,29,32);1H,(H2,2,3). The number of rotatable bonds is 4. The first-order chi connectivity index (χ1) is 17.4. The Kier molecular flexibility index (Phi) is 8.07. The summed E-state index contributed by atoms with van der Waals surface area (Å²) >= 11 is 7.88. The van der Waals surface area contributed by atoms with E-state index in [1.807, 2.05) is 6.07 Å². The summed E-state index contributed by atoms with van der Waals surface area (Å²) in [4.78, 5) is 26.6. The second kappa shape index (κ2) is 11.4. The van der Waals surface area contributed by atoms with Crippen LogP contribution in [0.2, 0.25) is 5.02 Å². The molecule has 2 aromatic carbocycles. The summed E-state index contributed by atoms with van der Waals surface area (Å²) in [5.41, 5.74) is 12.3. The van der Waals surface area contributed by atoms with Crippen molar-refractivity contribution >= 4 is 58.5 Å². The average Bonchev–Trinajstić information content (AvgIpc) is 2.88. The molecule has 0 fully saturated rings. The molecule has 184 valence electrons. The van der Waals surface area contributed by atoms with Gasteiger partial charge in [0.2, 0.25) is 6.41 Å². The topological polar surface area (TPSA) is 101 Å². The molecule has 9 heteroatoms. The van der Waals surface area contributed by atoms with E-state index in [1.165, 1.54) is 22.2 Å². The fraction of sp³-hybridized carbons (Fsp3) is 0.185. The maximum Gasteiger partial charge on any atom is 0.257 e. The third-order valence-electron chi connectivity index (χ3n) is 5.94. The van der Waals surface area contributed by atoms with E-state index in [-0.39, 0.29) is 12.3 Å². The maximum atomic E-state index is 12.8. The molecule has 0 bridgehead atoms. The van der Waals surface area contributed by atoms with Crippen molar-refractivity contribution in [1.29, 1.82) is 0 Å². The quantitative estimate of drug-likeness (QED) is 0.337. The number of amides is 2. The van der Waals surface area contributed by atoms with Crippen molar-refractivity contribution in [2.75, 3.05) is 16.6 Å². The monoisotopic (exact) mass is 519 g/mol. The van der Waals surface area contributed by atoms with Crippen LogP contribution in [0, 0.1) is 0 Å². The predicted octanol–water partition coefficient (Wildman–Crippen LogP) is 5.75. The smallest absolute Gasteiger partial charge is 0.257 e. The van der Waals surface area contributed by atoms with Crippen LogP contribution in [0.25, 0.3) is 5.70 Å². The number of fused-ring (bicyclic) bond motifs is 2. The molecule has 1 aliphatic heterocycles. The third-order valence-corrected chi connectivity index (χ3v) is 6.98. The van der Waals surface area contributed by atoms with Gasteiger partial charge in [-0.15, -0.1) is 11.8 Å². The zero-order valence-corrected chi connectivity index (χ0v) is 21.6. The molecule has 36 heavy (non-hydrogen) atoms. The third kappa shape index (κ3) is 5.45. The summed E-state index contributed by atoms with van der Waals surface area (Å²) in [6.45, 7) is 2.08. The van der Waals surface area contributed by atoms with Crippen molar-refractivity contribution < 1.29 is 9.59 Å². The molecule has 0 atom stereocenters. The maximum absolute atomic E-state index is 12.8. The van der Waals surface area contributed by atoms with Gasteiger partial charge >= 0.3 is 0 Å². The van der Waals surface area contributed by atoms with Crippen molar-refractivity contribution in [1.82, 2.24) is 4.98 Å². The number of thioether (sulfide) groups is 1. The summed E-state index contributed by atoms with van der Waals surface area (Å²) in [5, 5.41) is 10.3. The number of aryl methyl sites for hydroxylation is 1. The Morgan fingerprint density at radius 1 is 1.17 bits per heavy atom. The van der Waals surface area contributed by atoms with Gasteiger partial charge in [-0.3, -0.25) is 14.6 Å². The normalized spacial score (nSPS) is 14.1. The van der Waals surface area contributed by atoms with Gasteiger partial charge in [-0.2, -0.15) is 5.10 Å². The van der Waals surface area contributed by atoms with E-state index < -0.39 is 0 Å². The molecule has 1 aromatic heterocycles. The summed E-state index contributed by atoms with van der Waals surface area (Å²) in [6, 6.07) is 16.2. The fourth-order valence-electron chi connectivity index (χ4n) is 4.36. The lowest BCUT2D eigenvalue weighted by molar-refractivity contribution is -0.106. The molecule has 1 aliphatic carbocycles. The summed E-state index contributed by atoms with van der Waals surface area (Å²) < 4.78 is 0. The average molecular weight is 520 g/mol. The van der Waals surface area contributed by atoms with Crippen LogP contribution in [-0.4, -0.2) is 29.3 Å². The molecule has 3 N–H and O–H groups in total. The number of nitrogens with one attached hydrogen (secondary N) is 1. The van der Waals surface area contributed by atoms with Crippen molar-refractivity contribution in [2.24, 2.45) is 10.8 Å². The lowest BCUT2D eigenvalue weighted by Crippen LogP contribution is -2.26. The Morgan fingerprint density at radius 2 is 1.92 bits per heavy atom. The predicted molar refractivity (Wildman–Crippen MR) is 148 cm³/mol. The first-order valence-corrected chi connectivity index (χ1v) is 12.9. The van der Waals surface area contributed by atoms with Gasteiger partial charge in [-0.25, -0.2) is 5.01 Å². The van der Waals surface area contributed by atoms with Gasteiger partial charge in [0, 0.05) is 40.7 Å². The molecular formula is C27H26ClN5O2S. The number of halogens is 1. The van der Waals surface area contributed by atoms with Crippen LogP contribution in [0.3, 0.4) is 0 Å². The van der Waals surface area contributed by atoms with Crippen LogP contribution >= 0.6 is 23.4 Å². The fourth-order valence-corrected chi connectivity index (χ4v) is 4.97. The lowest BCUT2D eigenvalue weighted by Gasteiger charge is -2.34. The highest BCUT2D eigenvalue weighted by molar-refractivity contribution is 7.98. The number of benzene rings is 2. The van der Waals surface area contributed by atoms with Gasteiger partial charge in [0.15, 0.2) is 0 Å². The molecule has 0 radical (unpaired) electrons. The van der Waals surface area contributed by atoms with Crippen LogP contribution in [0.15, 0.2) is 76.5 Å². The minimum Gasteiger partial charge on any atom is -0.372 e. The summed E-state index contributed by atoms with van der Waals surface area (Å²) in [6.07, 6.45) is 8.22. The molecule has 7 nitrogen and oxygen atoms in total. The number of hydrazone groups is 1. The van der Waals surface area contributed by atoms with Gasteiger partial charge in [-0.1, -0.05) is 17.7 Å². The van der Waals surface area contributed by atoms with Crippen LogP contribution in [0.1, 0.15) is 41.3 Å². The molecule has 2 aliphatic rings. The number of carbonyl (C=O) groups excluding carboxylic acids is 2. The van der Waals surface area contributed by atoms with Crippen LogP contribution in [-0.2, 0) is 11.2 Å². The molecule has 0 spiro atoms. The number of anilines is 2. The van der Waals surface area contributed by atoms with Crippen LogP contribution in [0.5, 0.6) is 0 Å². The number of nitrogens with zero attached hydrogens (tertiary/aromatic N) is 3. The number of allylic oxidation sites excluding steroid dienone is 1. The number of hydrogen-bond acceptors (Lipinski definition) is 6. The van der Waals surface area contributed by atoms with Crippen LogP contribution in [0.4, 0.5) is 11.4 Å². The molecular weight excluding hydrogens is 494 g/mol. The Bertz CT molecular complexity index is 1350. The SMILES string of the molecule is CSc1ccc(N2N=C(C)CC3=C2c2cc(NC(=O)c4ccncc4Cl)ccc2CC3)cc1.NC=O.